The molecular formula is C30H54O4Si2. The van der Waals surface area contributed by atoms with Gasteiger partial charge in [0, 0.05) is 12.5 Å². The van der Waals surface area contributed by atoms with E-state index in [-0.39, 0.29) is 12.2 Å². The van der Waals surface area contributed by atoms with Crippen LogP contribution in [-0.4, -0.2) is 46.3 Å². The molecule has 4 nitrogen and oxygen atoms in total. The first kappa shape index (κ1) is 30.0. The predicted molar refractivity (Wildman–Crippen MR) is 155 cm³/mol. The Labute approximate surface area is 223 Å². The number of aliphatic hydroxyl groups excluding tert-OH is 1. The van der Waals surface area contributed by atoms with Crippen LogP contribution in [0.25, 0.3) is 0 Å². The Morgan fingerprint density at radius 3 is 2.06 bits per heavy atom. The fourth-order valence-electron chi connectivity index (χ4n) is 6.93. The maximum atomic E-state index is 10.3. The van der Waals surface area contributed by atoms with Crippen molar-refractivity contribution in [3.05, 3.63) is 35.9 Å². The second-order valence-corrected chi connectivity index (χ2v) is 20.9. The third-order valence-electron chi connectivity index (χ3n) is 9.88. The van der Waals surface area contributed by atoms with Gasteiger partial charge in [-0.25, -0.2) is 0 Å². The Bertz CT molecular complexity index is 736. The molecule has 0 amide bonds. The van der Waals surface area contributed by atoms with Crippen LogP contribution in [0.2, 0.25) is 36.3 Å². The molecule has 1 heterocycles. The number of hydrogen-bond acceptors (Lipinski definition) is 4. The van der Waals surface area contributed by atoms with E-state index in [0.29, 0.717) is 17.9 Å². The summed E-state index contributed by atoms with van der Waals surface area (Å²) >= 11 is 0. The summed E-state index contributed by atoms with van der Waals surface area (Å²) in [4.78, 5) is 0. The average molecular weight is 535 g/mol. The summed E-state index contributed by atoms with van der Waals surface area (Å²) in [6, 6.07) is 18.0. The van der Waals surface area contributed by atoms with Gasteiger partial charge in [-0.2, -0.15) is 0 Å². The summed E-state index contributed by atoms with van der Waals surface area (Å²) in [7, 11) is -3.40. The molecule has 1 saturated carbocycles. The van der Waals surface area contributed by atoms with Gasteiger partial charge in [-0.05, 0) is 85.8 Å². The third kappa shape index (κ3) is 7.32. The van der Waals surface area contributed by atoms with Crippen LogP contribution in [0.4, 0.5) is 0 Å². The zero-order valence-corrected chi connectivity index (χ0v) is 26.0. The molecule has 1 aliphatic heterocycles. The second-order valence-electron chi connectivity index (χ2n) is 11.4. The lowest BCUT2D eigenvalue weighted by atomic mass is 9.86. The van der Waals surface area contributed by atoms with Crippen LogP contribution in [0.3, 0.4) is 0 Å². The van der Waals surface area contributed by atoms with Crippen LogP contribution in [-0.2, 0) is 20.0 Å². The normalized spacial score (nSPS) is 27.4. The van der Waals surface area contributed by atoms with Gasteiger partial charge in [-0.3, -0.25) is 0 Å². The van der Waals surface area contributed by atoms with E-state index in [9.17, 15) is 5.11 Å². The molecule has 2 unspecified atom stereocenters. The van der Waals surface area contributed by atoms with E-state index in [1.807, 2.05) is 0 Å². The molecule has 0 radical (unpaired) electrons. The van der Waals surface area contributed by atoms with E-state index >= 15 is 0 Å². The number of aliphatic hydroxyl groups is 1. The molecule has 0 bridgehead atoms. The first-order valence-electron chi connectivity index (χ1n) is 15.1. The molecule has 36 heavy (non-hydrogen) atoms. The zero-order valence-electron chi connectivity index (χ0n) is 24.0. The van der Waals surface area contributed by atoms with Crippen LogP contribution in [0.15, 0.2) is 30.3 Å². The number of hydrogen-bond donors (Lipinski definition) is 1. The highest BCUT2D eigenvalue weighted by Gasteiger charge is 2.51. The Morgan fingerprint density at radius 1 is 0.861 bits per heavy atom. The van der Waals surface area contributed by atoms with Gasteiger partial charge in [0.1, 0.15) is 0 Å². The fraction of sp³-hybridized carbons (Fsp3) is 0.800. The molecule has 6 heteroatoms. The molecule has 0 spiro atoms. The van der Waals surface area contributed by atoms with Crippen molar-refractivity contribution in [2.75, 3.05) is 0 Å². The lowest BCUT2D eigenvalue weighted by Gasteiger charge is -2.37. The maximum absolute atomic E-state index is 10.3. The quantitative estimate of drug-likeness (QED) is 0.219. The van der Waals surface area contributed by atoms with E-state index in [0.717, 1.165) is 38.5 Å². The Kier molecular flexibility index (Phi) is 11.7. The van der Waals surface area contributed by atoms with E-state index in [1.54, 1.807) is 0 Å². The minimum Gasteiger partial charge on any atom is -0.414 e. The van der Waals surface area contributed by atoms with Gasteiger partial charge in [-0.1, -0.05) is 71.9 Å². The molecule has 206 valence electrons. The molecule has 1 aliphatic carbocycles. The monoisotopic (exact) mass is 534 g/mol. The summed E-state index contributed by atoms with van der Waals surface area (Å²) < 4.78 is 20.2. The van der Waals surface area contributed by atoms with Crippen molar-refractivity contribution in [2.45, 2.75) is 141 Å². The van der Waals surface area contributed by atoms with Crippen molar-refractivity contribution in [3.8, 4) is 0 Å². The molecule has 1 aromatic rings. The minimum absolute atomic E-state index is 0.159. The highest BCUT2D eigenvalue weighted by atomic mass is 28.4. The smallest absolute Gasteiger partial charge is 0.192 e. The zero-order chi connectivity index (χ0) is 26.2. The van der Waals surface area contributed by atoms with Gasteiger partial charge >= 0.3 is 0 Å². The topological polar surface area (TPSA) is 47.9 Å². The number of ether oxygens (including phenoxy) is 1. The van der Waals surface area contributed by atoms with Crippen molar-refractivity contribution in [1.82, 2.24) is 0 Å². The van der Waals surface area contributed by atoms with Gasteiger partial charge in [0.15, 0.2) is 22.9 Å². The van der Waals surface area contributed by atoms with Gasteiger partial charge in [0.2, 0.25) is 0 Å². The fourth-order valence-corrected chi connectivity index (χ4v) is 12.8. The predicted octanol–water partition coefficient (Wildman–Crippen LogP) is 7.92. The molecule has 1 aromatic carbocycles. The SMILES string of the molecule is CC[Si](CC)(CC)OC1C[C@H]2OC(O)C[C@@H]2[C@H]1CC[C@H](CCc1ccccc1)O[Si](CC)(CC)CC. The molecule has 6 atom stereocenters. The van der Waals surface area contributed by atoms with Crippen LogP contribution >= 0.6 is 0 Å². The Hall–Kier alpha value is -0.506. The number of benzene rings is 1. The van der Waals surface area contributed by atoms with Crippen molar-refractivity contribution in [3.63, 3.8) is 0 Å². The Balaban J connectivity index is 1.75. The highest BCUT2D eigenvalue weighted by Crippen LogP contribution is 2.48. The first-order chi connectivity index (χ1) is 17.4. The summed E-state index contributed by atoms with van der Waals surface area (Å²) in [5.41, 5.74) is 1.40. The van der Waals surface area contributed by atoms with Gasteiger partial charge in [0.05, 0.1) is 12.2 Å². The lowest BCUT2D eigenvalue weighted by molar-refractivity contribution is -0.0946. The van der Waals surface area contributed by atoms with E-state index < -0.39 is 22.9 Å². The van der Waals surface area contributed by atoms with Gasteiger partial charge in [-0.15, -0.1) is 0 Å². The van der Waals surface area contributed by atoms with Gasteiger partial charge in [0.25, 0.3) is 0 Å². The summed E-state index contributed by atoms with van der Waals surface area (Å²) in [6.07, 6.45) is 6.22. The largest absolute Gasteiger partial charge is 0.414 e. The van der Waals surface area contributed by atoms with E-state index in [4.69, 9.17) is 13.6 Å². The summed E-state index contributed by atoms with van der Waals surface area (Å²) in [5.74, 6) is 0.884. The third-order valence-corrected chi connectivity index (χ3v) is 19.2. The second kappa shape index (κ2) is 14.0. The number of aryl methyl sites for hydroxylation is 1. The van der Waals surface area contributed by atoms with Crippen LogP contribution in [0, 0.1) is 11.8 Å². The van der Waals surface area contributed by atoms with Gasteiger partial charge < -0.3 is 18.7 Å². The molecular weight excluding hydrogens is 480 g/mol. The molecule has 1 saturated heterocycles. The van der Waals surface area contributed by atoms with E-state index in [2.05, 4.69) is 71.9 Å². The molecule has 2 fully saturated rings. The van der Waals surface area contributed by atoms with Crippen molar-refractivity contribution in [2.24, 2.45) is 11.8 Å². The molecule has 2 aliphatic rings. The summed E-state index contributed by atoms with van der Waals surface area (Å²) in [6.45, 7) is 14.0. The average Bonchev–Trinajstić information content (AvgIpc) is 3.43. The minimum atomic E-state index is -1.70. The van der Waals surface area contributed by atoms with Crippen molar-refractivity contribution < 1.29 is 18.7 Å². The standard InChI is InChI=1S/C30H54O4Si2/c1-7-35(8-2,9-3)33-25(19-18-24-16-14-13-15-17-24)20-21-26-27-22-30(31)32-28(27)23-29(26)34-36(10-4,11-5)12-6/h13-17,25-31H,7-12,18-23H2,1-6H3/t25-,26+,27+,28+,29?,30?/m0/s1. The summed E-state index contributed by atoms with van der Waals surface area (Å²) in [5, 5.41) is 10.3. The maximum Gasteiger partial charge on any atom is 0.192 e. The van der Waals surface area contributed by atoms with Crippen LogP contribution in [0.5, 0.6) is 0 Å². The van der Waals surface area contributed by atoms with Crippen molar-refractivity contribution >= 4 is 16.6 Å². The van der Waals surface area contributed by atoms with Crippen LogP contribution in [0.1, 0.15) is 79.2 Å². The molecule has 0 aromatic heterocycles. The van der Waals surface area contributed by atoms with Crippen LogP contribution < -0.4 is 0 Å². The first-order valence-corrected chi connectivity index (χ1v) is 20.2. The molecule has 3 rings (SSSR count). The van der Waals surface area contributed by atoms with E-state index in [1.165, 1.54) is 41.8 Å². The lowest BCUT2D eigenvalue weighted by Crippen LogP contribution is -2.42. The highest BCUT2D eigenvalue weighted by molar-refractivity contribution is 6.74. The number of rotatable bonds is 16. The van der Waals surface area contributed by atoms with Crippen molar-refractivity contribution in [1.29, 1.82) is 0 Å². The Morgan fingerprint density at radius 2 is 1.47 bits per heavy atom. The molecule has 1 N–H and O–H groups in total. The number of fused-ring (bicyclic) bond motifs is 1.